The summed E-state index contributed by atoms with van der Waals surface area (Å²) in [5.41, 5.74) is 0. The minimum Gasteiger partial charge on any atom is -0.481 e. The Hall–Kier alpha value is -1.06. The molecule has 1 N–H and O–H groups in total. The van der Waals surface area contributed by atoms with E-state index in [1.165, 1.54) is 0 Å². The van der Waals surface area contributed by atoms with E-state index in [1.54, 1.807) is 0 Å². The van der Waals surface area contributed by atoms with Gasteiger partial charge in [-0.25, -0.2) is 0 Å². The van der Waals surface area contributed by atoms with Crippen LogP contribution in [0, 0.1) is 11.8 Å². The first-order valence-electron chi connectivity index (χ1n) is 6.51. The zero-order valence-electron chi connectivity index (χ0n) is 10.8. The molecule has 1 aliphatic rings. The van der Waals surface area contributed by atoms with Gasteiger partial charge in [-0.15, -0.1) is 0 Å². The van der Waals surface area contributed by atoms with Gasteiger partial charge in [-0.3, -0.25) is 9.59 Å². The maximum atomic E-state index is 11.8. The van der Waals surface area contributed by atoms with Crippen molar-refractivity contribution in [2.24, 2.45) is 11.8 Å². The van der Waals surface area contributed by atoms with Crippen LogP contribution in [-0.2, 0) is 9.59 Å². The average Bonchev–Trinajstić information content (AvgIpc) is 2.28. The van der Waals surface area contributed by atoms with Crippen molar-refractivity contribution in [1.29, 1.82) is 0 Å². The molecule has 0 aromatic rings. The monoisotopic (exact) mass is 241 g/mol. The molecule has 1 saturated heterocycles. The summed E-state index contributed by atoms with van der Waals surface area (Å²) in [6.07, 6.45) is 4.06. The van der Waals surface area contributed by atoms with Gasteiger partial charge in [-0.2, -0.15) is 0 Å². The second-order valence-electron chi connectivity index (χ2n) is 5.21. The summed E-state index contributed by atoms with van der Waals surface area (Å²) in [5.74, 6) is 0.218. The second kappa shape index (κ2) is 6.62. The minimum absolute atomic E-state index is 0.0820. The maximum Gasteiger partial charge on any atom is 0.303 e. The van der Waals surface area contributed by atoms with Crippen molar-refractivity contribution in [2.75, 3.05) is 13.1 Å². The number of carbonyl (C=O) groups is 2. The zero-order valence-corrected chi connectivity index (χ0v) is 10.8. The standard InChI is InChI=1S/C13H23NO3/c1-10(2)13(17)14-8-6-11(7-9-14)4-3-5-12(15)16/h10-11H,3-9H2,1-2H3,(H,15,16). The molecule has 4 nitrogen and oxygen atoms in total. The van der Waals surface area contributed by atoms with Crippen molar-refractivity contribution in [2.45, 2.75) is 46.0 Å². The molecule has 0 atom stereocenters. The van der Waals surface area contributed by atoms with Crippen LogP contribution in [0.1, 0.15) is 46.0 Å². The minimum atomic E-state index is -0.711. The Morgan fingerprint density at radius 1 is 1.29 bits per heavy atom. The summed E-state index contributed by atoms with van der Waals surface area (Å²) in [6.45, 7) is 5.55. The van der Waals surface area contributed by atoms with Gasteiger partial charge in [-0.05, 0) is 31.6 Å². The first kappa shape index (κ1) is 14.0. The predicted molar refractivity (Wildman–Crippen MR) is 65.6 cm³/mol. The van der Waals surface area contributed by atoms with E-state index in [0.29, 0.717) is 5.92 Å². The number of carboxylic acid groups (broad SMARTS) is 1. The normalized spacial score (nSPS) is 17.5. The van der Waals surface area contributed by atoms with Gasteiger partial charge in [0.2, 0.25) is 5.91 Å². The number of amides is 1. The van der Waals surface area contributed by atoms with Crippen molar-refractivity contribution in [3.05, 3.63) is 0 Å². The molecule has 0 spiro atoms. The number of rotatable bonds is 5. The van der Waals surface area contributed by atoms with Gasteiger partial charge in [0.1, 0.15) is 0 Å². The number of nitrogens with zero attached hydrogens (tertiary/aromatic N) is 1. The Kier molecular flexibility index (Phi) is 5.45. The molecule has 17 heavy (non-hydrogen) atoms. The number of hydrogen-bond donors (Lipinski definition) is 1. The van der Waals surface area contributed by atoms with Crippen molar-refractivity contribution in [1.82, 2.24) is 4.90 Å². The van der Waals surface area contributed by atoms with Crippen molar-refractivity contribution in [3.63, 3.8) is 0 Å². The molecule has 1 heterocycles. The number of aliphatic carboxylic acids is 1. The third-order valence-electron chi connectivity index (χ3n) is 3.42. The summed E-state index contributed by atoms with van der Waals surface area (Å²) in [7, 11) is 0. The van der Waals surface area contributed by atoms with E-state index in [0.717, 1.165) is 38.8 Å². The summed E-state index contributed by atoms with van der Waals surface area (Å²) >= 11 is 0. The van der Waals surface area contributed by atoms with Crippen molar-refractivity contribution in [3.8, 4) is 0 Å². The van der Waals surface area contributed by atoms with E-state index in [1.807, 2.05) is 18.7 Å². The van der Waals surface area contributed by atoms with Gasteiger partial charge in [0.05, 0.1) is 0 Å². The molecule has 0 unspecified atom stereocenters. The van der Waals surface area contributed by atoms with E-state index in [-0.39, 0.29) is 18.2 Å². The fourth-order valence-corrected chi connectivity index (χ4v) is 2.35. The van der Waals surface area contributed by atoms with Gasteiger partial charge in [0, 0.05) is 25.4 Å². The van der Waals surface area contributed by atoms with Crippen LogP contribution < -0.4 is 0 Å². The van der Waals surface area contributed by atoms with Crippen LogP contribution in [0.3, 0.4) is 0 Å². The van der Waals surface area contributed by atoms with Crippen LogP contribution >= 0.6 is 0 Å². The first-order valence-corrected chi connectivity index (χ1v) is 6.51. The highest BCUT2D eigenvalue weighted by Gasteiger charge is 2.23. The Labute approximate surface area is 103 Å². The van der Waals surface area contributed by atoms with Crippen LogP contribution in [0.5, 0.6) is 0 Å². The fraction of sp³-hybridized carbons (Fsp3) is 0.846. The molecule has 0 aromatic heterocycles. The van der Waals surface area contributed by atoms with Crippen LogP contribution in [-0.4, -0.2) is 35.0 Å². The van der Waals surface area contributed by atoms with Crippen LogP contribution in [0.15, 0.2) is 0 Å². The highest BCUT2D eigenvalue weighted by atomic mass is 16.4. The number of hydrogen-bond acceptors (Lipinski definition) is 2. The summed E-state index contributed by atoms with van der Waals surface area (Å²) in [6, 6.07) is 0. The lowest BCUT2D eigenvalue weighted by Crippen LogP contribution is -2.40. The second-order valence-corrected chi connectivity index (χ2v) is 5.21. The predicted octanol–water partition coefficient (Wildman–Crippen LogP) is 2.14. The van der Waals surface area contributed by atoms with Crippen molar-refractivity contribution < 1.29 is 14.7 Å². The lowest BCUT2D eigenvalue weighted by atomic mass is 9.91. The van der Waals surface area contributed by atoms with Gasteiger partial charge >= 0.3 is 5.97 Å². The fourth-order valence-electron chi connectivity index (χ4n) is 2.35. The van der Waals surface area contributed by atoms with Gasteiger partial charge in [-0.1, -0.05) is 13.8 Å². The Morgan fingerprint density at radius 2 is 1.88 bits per heavy atom. The molecule has 0 radical (unpaired) electrons. The number of carbonyl (C=O) groups excluding carboxylic acids is 1. The molecule has 1 amide bonds. The molecule has 98 valence electrons. The van der Waals surface area contributed by atoms with Gasteiger partial charge < -0.3 is 10.0 Å². The van der Waals surface area contributed by atoms with E-state index < -0.39 is 5.97 Å². The molecule has 4 heteroatoms. The molecule has 1 aliphatic heterocycles. The average molecular weight is 241 g/mol. The molecule has 0 saturated carbocycles. The zero-order chi connectivity index (χ0) is 12.8. The number of likely N-dealkylation sites (tertiary alicyclic amines) is 1. The summed E-state index contributed by atoms with van der Waals surface area (Å²) in [4.78, 5) is 24.1. The number of carboxylic acids is 1. The largest absolute Gasteiger partial charge is 0.481 e. The lowest BCUT2D eigenvalue weighted by molar-refractivity contribution is -0.137. The number of piperidine rings is 1. The molecule has 1 fully saturated rings. The molecular weight excluding hydrogens is 218 g/mol. The summed E-state index contributed by atoms with van der Waals surface area (Å²) < 4.78 is 0. The van der Waals surface area contributed by atoms with Gasteiger partial charge in [0.25, 0.3) is 0 Å². The van der Waals surface area contributed by atoms with E-state index in [2.05, 4.69) is 0 Å². The first-order chi connectivity index (χ1) is 8.00. The van der Waals surface area contributed by atoms with E-state index in [4.69, 9.17) is 5.11 Å². The van der Waals surface area contributed by atoms with Crippen LogP contribution in [0.4, 0.5) is 0 Å². The van der Waals surface area contributed by atoms with E-state index >= 15 is 0 Å². The molecule has 1 rings (SSSR count). The molecule has 0 aliphatic carbocycles. The highest BCUT2D eigenvalue weighted by Crippen LogP contribution is 2.23. The van der Waals surface area contributed by atoms with Gasteiger partial charge in [0.15, 0.2) is 0 Å². The third kappa shape index (κ3) is 4.75. The SMILES string of the molecule is CC(C)C(=O)N1CCC(CCCC(=O)O)CC1. The van der Waals surface area contributed by atoms with Crippen LogP contribution in [0.25, 0.3) is 0 Å². The van der Waals surface area contributed by atoms with Crippen LogP contribution in [0.2, 0.25) is 0 Å². The highest BCUT2D eigenvalue weighted by molar-refractivity contribution is 5.78. The Bertz CT molecular complexity index is 268. The third-order valence-corrected chi connectivity index (χ3v) is 3.42. The Morgan fingerprint density at radius 3 is 2.35 bits per heavy atom. The maximum absolute atomic E-state index is 11.8. The summed E-state index contributed by atoms with van der Waals surface area (Å²) in [5, 5.41) is 8.57. The smallest absolute Gasteiger partial charge is 0.303 e. The molecule has 0 aromatic carbocycles. The molecule has 0 bridgehead atoms. The molecular formula is C13H23NO3. The topological polar surface area (TPSA) is 57.6 Å². The Balaban J connectivity index is 2.21. The quantitative estimate of drug-likeness (QED) is 0.802. The lowest BCUT2D eigenvalue weighted by Gasteiger charge is -2.33. The van der Waals surface area contributed by atoms with Crippen molar-refractivity contribution >= 4 is 11.9 Å². The van der Waals surface area contributed by atoms with E-state index in [9.17, 15) is 9.59 Å².